The van der Waals surface area contributed by atoms with E-state index in [2.05, 4.69) is 4.18 Å². The molecule has 0 saturated heterocycles. The van der Waals surface area contributed by atoms with E-state index in [0.29, 0.717) is 0 Å². The van der Waals surface area contributed by atoms with Gasteiger partial charge in [-0.05, 0) is 0 Å². The van der Waals surface area contributed by atoms with E-state index >= 15 is 0 Å². The van der Waals surface area contributed by atoms with Crippen molar-refractivity contribution >= 4 is 10.1 Å². The van der Waals surface area contributed by atoms with Gasteiger partial charge in [0.2, 0.25) is 0 Å². The monoisotopic (exact) mass is 272 g/mol. The Labute approximate surface area is 98.5 Å². The molecule has 1 fully saturated rings. The number of hydrogen-bond acceptors (Lipinski definition) is 8. The zero-order chi connectivity index (χ0) is 13.4. The molecule has 0 aromatic heterocycles. The zero-order valence-electron chi connectivity index (χ0n) is 9.29. The average Bonchev–Trinajstić information content (AvgIpc) is 2.22. The Hall–Kier alpha value is -0.290. The summed E-state index contributed by atoms with van der Waals surface area (Å²) in [6.45, 7) is 0. The first kappa shape index (κ1) is 14.8. The standard InChI is InChI=1S/C8H16O8S/c1-15-7-5(11)3(9)4(10)6(12)8(7)16-17(2,13)14/h3-12H,1-2H3/t3-,4-,5-,6+,7-,8-/m1/s1. The van der Waals surface area contributed by atoms with E-state index in [4.69, 9.17) is 4.74 Å². The van der Waals surface area contributed by atoms with Crippen molar-refractivity contribution in [3.63, 3.8) is 0 Å². The highest BCUT2D eigenvalue weighted by Crippen LogP contribution is 2.26. The maximum Gasteiger partial charge on any atom is 0.264 e. The third-order valence-electron chi connectivity index (χ3n) is 2.60. The van der Waals surface area contributed by atoms with Gasteiger partial charge in [-0.3, -0.25) is 4.18 Å². The fourth-order valence-electron chi connectivity index (χ4n) is 1.77. The highest BCUT2D eigenvalue weighted by molar-refractivity contribution is 7.86. The van der Waals surface area contributed by atoms with Gasteiger partial charge in [0.1, 0.15) is 36.6 Å². The molecule has 0 amide bonds. The average molecular weight is 272 g/mol. The number of aliphatic hydroxyl groups is 4. The van der Waals surface area contributed by atoms with Crippen molar-refractivity contribution in [3.05, 3.63) is 0 Å². The number of hydrogen-bond donors (Lipinski definition) is 4. The van der Waals surface area contributed by atoms with Crippen LogP contribution in [0.3, 0.4) is 0 Å². The molecule has 102 valence electrons. The fraction of sp³-hybridized carbons (Fsp3) is 1.00. The van der Waals surface area contributed by atoms with Gasteiger partial charge in [-0.2, -0.15) is 8.42 Å². The summed E-state index contributed by atoms with van der Waals surface area (Å²) in [5, 5.41) is 38.0. The van der Waals surface area contributed by atoms with Crippen LogP contribution in [-0.4, -0.2) is 78.8 Å². The smallest absolute Gasteiger partial charge is 0.264 e. The third-order valence-corrected chi connectivity index (χ3v) is 3.18. The van der Waals surface area contributed by atoms with E-state index in [-0.39, 0.29) is 0 Å². The Morgan fingerprint density at radius 3 is 1.65 bits per heavy atom. The minimum absolute atomic E-state index is 0.760. The van der Waals surface area contributed by atoms with Gasteiger partial charge in [0, 0.05) is 7.11 Å². The SMILES string of the molecule is CO[C@@H]1[C@H](O)[C@H](O)[C@@H](O)[C@H](O)[C@H]1OS(C)(=O)=O. The van der Waals surface area contributed by atoms with Gasteiger partial charge in [0.05, 0.1) is 6.26 Å². The summed E-state index contributed by atoms with van der Waals surface area (Å²) in [5.41, 5.74) is 0. The summed E-state index contributed by atoms with van der Waals surface area (Å²) in [5.74, 6) is 0. The Morgan fingerprint density at radius 1 is 0.882 bits per heavy atom. The molecule has 0 unspecified atom stereocenters. The molecular weight excluding hydrogens is 256 g/mol. The first-order chi connectivity index (χ1) is 7.69. The van der Waals surface area contributed by atoms with Crippen LogP contribution in [0.4, 0.5) is 0 Å². The molecule has 4 N–H and O–H groups in total. The summed E-state index contributed by atoms with van der Waals surface area (Å²) in [7, 11) is -2.75. The topological polar surface area (TPSA) is 134 Å². The van der Waals surface area contributed by atoms with Crippen LogP contribution < -0.4 is 0 Å². The van der Waals surface area contributed by atoms with E-state index in [0.717, 1.165) is 13.4 Å². The number of ether oxygens (including phenoxy) is 1. The summed E-state index contributed by atoms with van der Waals surface area (Å²) in [4.78, 5) is 0. The minimum Gasteiger partial charge on any atom is -0.387 e. The van der Waals surface area contributed by atoms with E-state index in [9.17, 15) is 28.8 Å². The lowest BCUT2D eigenvalue weighted by Gasteiger charge is -2.42. The maximum atomic E-state index is 11.0. The molecule has 0 aliphatic heterocycles. The first-order valence-corrected chi connectivity index (χ1v) is 6.64. The lowest BCUT2D eigenvalue weighted by Crippen LogP contribution is -2.65. The van der Waals surface area contributed by atoms with Crippen LogP contribution in [0.15, 0.2) is 0 Å². The van der Waals surface area contributed by atoms with Crippen molar-refractivity contribution in [2.75, 3.05) is 13.4 Å². The lowest BCUT2D eigenvalue weighted by molar-refractivity contribution is -0.222. The van der Waals surface area contributed by atoms with Crippen molar-refractivity contribution in [1.29, 1.82) is 0 Å². The van der Waals surface area contributed by atoms with Crippen LogP contribution in [0.25, 0.3) is 0 Å². The second-order valence-electron chi connectivity index (χ2n) is 3.93. The summed E-state index contributed by atoms with van der Waals surface area (Å²) < 4.78 is 31.3. The van der Waals surface area contributed by atoms with Crippen LogP contribution in [0.1, 0.15) is 0 Å². The van der Waals surface area contributed by atoms with Crippen molar-refractivity contribution < 1.29 is 37.8 Å². The second-order valence-corrected chi connectivity index (χ2v) is 5.53. The van der Waals surface area contributed by atoms with E-state index < -0.39 is 46.7 Å². The number of methoxy groups -OCH3 is 1. The van der Waals surface area contributed by atoms with Crippen LogP contribution in [-0.2, 0) is 19.0 Å². The van der Waals surface area contributed by atoms with Crippen LogP contribution >= 0.6 is 0 Å². The largest absolute Gasteiger partial charge is 0.387 e. The van der Waals surface area contributed by atoms with Crippen molar-refractivity contribution in [3.8, 4) is 0 Å². The molecule has 0 aromatic carbocycles. The Balaban J connectivity index is 2.98. The molecule has 17 heavy (non-hydrogen) atoms. The highest BCUT2D eigenvalue weighted by atomic mass is 32.2. The molecule has 0 spiro atoms. The summed E-state index contributed by atoms with van der Waals surface area (Å²) in [6, 6.07) is 0. The Bertz CT molecular complexity index is 355. The maximum absolute atomic E-state index is 11.0. The number of aliphatic hydroxyl groups excluding tert-OH is 4. The van der Waals surface area contributed by atoms with E-state index in [1.807, 2.05) is 0 Å². The molecule has 0 radical (unpaired) electrons. The molecule has 0 bridgehead atoms. The van der Waals surface area contributed by atoms with Crippen LogP contribution in [0.2, 0.25) is 0 Å². The Morgan fingerprint density at radius 2 is 1.29 bits per heavy atom. The van der Waals surface area contributed by atoms with Gasteiger partial charge < -0.3 is 25.2 Å². The Kier molecular flexibility index (Phi) is 4.47. The van der Waals surface area contributed by atoms with E-state index in [1.54, 1.807) is 0 Å². The van der Waals surface area contributed by atoms with Gasteiger partial charge >= 0.3 is 0 Å². The van der Waals surface area contributed by atoms with Gasteiger partial charge in [-0.1, -0.05) is 0 Å². The molecule has 6 atom stereocenters. The highest BCUT2D eigenvalue weighted by Gasteiger charge is 2.51. The predicted molar refractivity (Wildman–Crippen MR) is 54.5 cm³/mol. The summed E-state index contributed by atoms with van der Waals surface area (Å²) in [6.07, 6.45) is -8.60. The molecule has 1 saturated carbocycles. The van der Waals surface area contributed by atoms with Crippen LogP contribution in [0, 0.1) is 0 Å². The fourth-order valence-corrected chi connectivity index (χ4v) is 2.40. The molecule has 0 heterocycles. The van der Waals surface area contributed by atoms with Crippen molar-refractivity contribution in [1.82, 2.24) is 0 Å². The molecule has 1 rings (SSSR count). The van der Waals surface area contributed by atoms with Gasteiger partial charge in [-0.15, -0.1) is 0 Å². The van der Waals surface area contributed by atoms with Gasteiger partial charge in [0.25, 0.3) is 10.1 Å². The second kappa shape index (κ2) is 5.14. The van der Waals surface area contributed by atoms with Crippen molar-refractivity contribution in [2.45, 2.75) is 36.6 Å². The molecular formula is C8H16O8S. The van der Waals surface area contributed by atoms with Gasteiger partial charge in [0.15, 0.2) is 0 Å². The molecule has 0 aromatic rings. The minimum atomic E-state index is -3.91. The van der Waals surface area contributed by atoms with Gasteiger partial charge in [-0.25, -0.2) is 0 Å². The molecule has 9 heteroatoms. The molecule has 1 aliphatic carbocycles. The summed E-state index contributed by atoms with van der Waals surface area (Å²) >= 11 is 0. The first-order valence-electron chi connectivity index (χ1n) is 4.82. The lowest BCUT2D eigenvalue weighted by atomic mass is 9.85. The van der Waals surface area contributed by atoms with E-state index in [1.165, 1.54) is 0 Å². The van der Waals surface area contributed by atoms with Crippen molar-refractivity contribution in [2.24, 2.45) is 0 Å². The quantitative estimate of drug-likeness (QED) is 0.395. The normalized spacial score (nSPS) is 43.6. The van der Waals surface area contributed by atoms with Crippen LogP contribution in [0.5, 0.6) is 0 Å². The zero-order valence-corrected chi connectivity index (χ0v) is 10.1. The molecule has 1 aliphatic rings. The number of rotatable bonds is 3. The predicted octanol–water partition coefficient (Wildman–Crippen LogP) is -3.20. The third kappa shape index (κ3) is 3.13. The molecule has 8 nitrogen and oxygen atoms in total.